The number of thioether (sulfide) groups is 1. The molecule has 4 N–H and O–H groups in total. The fourth-order valence-corrected chi connectivity index (χ4v) is 1.98. The lowest BCUT2D eigenvalue weighted by Gasteiger charge is -2.07. The molecule has 0 aliphatic carbocycles. The van der Waals surface area contributed by atoms with E-state index in [9.17, 15) is 4.79 Å². The highest BCUT2D eigenvalue weighted by Crippen LogP contribution is 2.03. The summed E-state index contributed by atoms with van der Waals surface area (Å²) in [6, 6.07) is 5.64. The van der Waals surface area contributed by atoms with Crippen molar-refractivity contribution in [3.05, 3.63) is 24.4 Å². The lowest BCUT2D eigenvalue weighted by molar-refractivity contribution is -0.118. The maximum Gasteiger partial charge on any atom is 0.248 e. The van der Waals surface area contributed by atoms with Crippen molar-refractivity contribution in [1.82, 2.24) is 10.4 Å². The number of hydrogen-bond donors (Lipinski definition) is 3. The molecule has 6 heteroatoms. The average molecular weight is 254 g/mol. The van der Waals surface area contributed by atoms with E-state index < -0.39 is 0 Å². The predicted octanol–water partition coefficient (Wildman–Crippen LogP) is 0.995. The summed E-state index contributed by atoms with van der Waals surface area (Å²) in [5.41, 5.74) is 10.9. The van der Waals surface area contributed by atoms with Crippen LogP contribution >= 0.6 is 11.8 Å². The normalized spacial score (nSPS) is 11.9. The van der Waals surface area contributed by atoms with Crippen molar-refractivity contribution in [1.29, 1.82) is 0 Å². The first-order valence-electron chi connectivity index (χ1n) is 5.47. The average Bonchev–Trinajstić information content (AvgIpc) is 2.33. The van der Waals surface area contributed by atoms with Crippen molar-refractivity contribution in [2.24, 2.45) is 5.73 Å². The summed E-state index contributed by atoms with van der Waals surface area (Å²) >= 11 is 1.57. The molecular weight excluding hydrogens is 236 g/mol. The monoisotopic (exact) mass is 254 g/mol. The summed E-state index contributed by atoms with van der Waals surface area (Å²) in [6.45, 7) is 1.96. The van der Waals surface area contributed by atoms with Gasteiger partial charge in [-0.2, -0.15) is 11.8 Å². The Balaban J connectivity index is 2.09. The standard InChI is InChI=1S/C11H18N4OS/c1-9(12)5-7-17-8-11(16)15-14-10-4-2-3-6-13-10/h2-4,6,9H,5,7-8,12H2,1H3,(H,13,14)(H,15,16). The van der Waals surface area contributed by atoms with Gasteiger partial charge in [-0.05, 0) is 31.2 Å². The Morgan fingerprint density at radius 1 is 1.59 bits per heavy atom. The molecule has 1 aromatic rings. The molecule has 1 aromatic heterocycles. The Hall–Kier alpha value is -1.27. The van der Waals surface area contributed by atoms with E-state index >= 15 is 0 Å². The van der Waals surface area contributed by atoms with Crippen LogP contribution in [0.2, 0.25) is 0 Å². The van der Waals surface area contributed by atoms with Gasteiger partial charge in [0.05, 0.1) is 5.75 Å². The molecule has 0 spiro atoms. The summed E-state index contributed by atoms with van der Waals surface area (Å²) in [5, 5.41) is 0. The second-order valence-electron chi connectivity index (χ2n) is 3.71. The minimum Gasteiger partial charge on any atom is -0.328 e. The smallest absolute Gasteiger partial charge is 0.248 e. The van der Waals surface area contributed by atoms with E-state index in [-0.39, 0.29) is 11.9 Å². The fourth-order valence-electron chi connectivity index (χ4n) is 1.04. The zero-order chi connectivity index (χ0) is 12.5. The van der Waals surface area contributed by atoms with Crippen molar-refractivity contribution in [2.45, 2.75) is 19.4 Å². The third kappa shape index (κ3) is 6.80. The maximum absolute atomic E-state index is 11.4. The quantitative estimate of drug-likeness (QED) is 0.499. The van der Waals surface area contributed by atoms with Crippen LogP contribution in [-0.2, 0) is 4.79 Å². The number of nitrogens with two attached hydrogens (primary N) is 1. The molecule has 5 nitrogen and oxygen atoms in total. The van der Waals surface area contributed by atoms with Crippen molar-refractivity contribution >= 4 is 23.5 Å². The highest BCUT2D eigenvalue weighted by molar-refractivity contribution is 7.99. The van der Waals surface area contributed by atoms with Crippen LogP contribution in [0.5, 0.6) is 0 Å². The summed E-state index contributed by atoms with van der Waals surface area (Å²) in [5.74, 6) is 1.88. The summed E-state index contributed by atoms with van der Waals surface area (Å²) in [7, 11) is 0. The first kappa shape index (κ1) is 13.8. The van der Waals surface area contributed by atoms with Crippen LogP contribution in [-0.4, -0.2) is 28.4 Å². The van der Waals surface area contributed by atoms with Crippen LogP contribution in [0.4, 0.5) is 5.82 Å². The lowest BCUT2D eigenvalue weighted by atomic mass is 10.3. The minimum atomic E-state index is -0.0645. The van der Waals surface area contributed by atoms with Gasteiger partial charge in [0.25, 0.3) is 0 Å². The molecule has 0 bridgehead atoms. The molecule has 0 aromatic carbocycles. The van der Waals surface area contributed by atoms with E-state index in [2.05, 4.69) is 15.8 Å². The number of anilines is 1. The Kier molecular flexibility index (Phi) is 6.42. The molecule has 94 valence electrons. The molecule has 0 radical (unpaired) electrons. The Morgan fingerprint density at radius 2 is 2.41 bits per heavy atom. The van der Waals surface area contributed by atoms with Gasteiger partial charge in [0, 0.05) is 12.2 Å². The van der Waals surface area contributed by atoms with Gasteiger partial charge in [-0.1, -0.05) is 6.07 Å². The second kappa shape index (κ2) is 7.92. The van der Waals surface area contributed by atoms with Gasteiger partial charge in [-0.15, -0.1) is 0 Å². The minimum absolute atomic E-state index is 0.0645. The number of pyridine rings is 1. The zero-order valence-electron chi connectivity index (χ0n) is 9.85. The van der Waals surface area contributed by atoms with E-state index in [4.69, 9.17) is 5.73 Å². The van der Waals surface area contributed by atoms with E-state index in [1.54, 1.807) is 24.0 Å². The van der Waals surface area contributed by atoms with Crippen LogP contribution in [0, 0.1) is 0 Å². The third-order valence-corrected chi connectivity index (χ3v) is 2.94. The number of carbonyl (C=O) groups excluding carboxylic acids is 1. The van der Waals surface area contributed by atoms with Gasteiger partial charge in [-0.25, -0.2) is 4.98 Å². The van der Waals surface area contributed by atoms with Gasteiger partial charge in [0.1, 0.15) is 5.82 Å². The first-order valence-corrected chi connectivity index (χ1v) is 6.63. The molecule has 17 heavy (non-hydrogen) atoms. The van der Waals surface area contributed by atoms with Gasteiger partial charge < -0.3 is 5.73 Å². The van der Waals surface area contributed by atoms with Crippen LogP contribution < -0.4 is 16.6 Å². The number of hydrazine groups is 1. The molecule has 0 aliphatic heterocycles. The fraction of sp³-hybridized carbons (Fsp3) is 0.455. The number of aromatic nitrogens is 1. The molecular formula is C11H18N4OS. The van der Waals surface area contributed by atoms with Crippen molar-refractivity contribution in [2.75, 3.05) is 16.9 Å². The Bertz CT molecular complexity index is 332. The van der Waals surface area contributed by atoms with Crippen LogP contribution in [0.1, 0.15) is 13.3 Å². The van der Waals surface area contributed by atoms with E-state index in [1.807, 2.05) is 19.1 Å². The molecule has 1 rings (SSSR count). The highest BCUT2D eigenvalue weighted by atomic mass is 32.2. The third-order valence-electron chi connectivity index (χ3n) is 1.95. The van der Waals surface area contributed by atoms with Crippen molar-refractivity contribution in [3.8, 4) is 0 Å². The van der Waals surface area contributed by atoms with E-state index in [0.717, 1.165) is 12.2 Å². The topological polar surface area (TPSA) is 80.0 Å². The summed E-state index contributed by atoms with van der Waals surface area (Å²) < 4.78 is 0. The molecule has 0 saturated carbocycles. The van der Waals surface area contributed by atoms with Gasteiger partial charge in [-0.3, -0.25) is 15.6 Å². The Morgan fingerprint density at radius 3 is 3.06 bits per heavy atom. The molecule has 1 atom stereocenters. The number of rotatable bonds is 7. The second-order valence-corrected chi connectivity index (χ2v) is 4.81. The SMILES string of the molecule is CC(N)CCSCC(=O)NNc1ccccn1. The maximum atomic E-state index is 11.4. The molecule has 1 amide bonds. The molecule has 0 aliphatic rings. The lowest BCUT2D eigenvalue weighted by Crippen LogP contribution is -2.31. The molecule has 1 unspecified atom stereocenters. The van der Waals surface area contributed by atoms with E-state index in [0.29, 0.717) is 11.6 Å². The van der Waals surface area contributed by atoms with Crippen LogP contribution in [0.15, 0.2) is 24.4 Å². The number of carbonyl (C=O) groups is 1. The Labute approximate surface area is 106 Å². The van der Waals surface area contributed by atoms with Gasteiger partial charge in [0.15, 0.2) is 0 Å². The summed E-state index contributed by atoms with van der Waals surface area (Å²) in [6.07, 6.45) is 2.58. The van der Waals surface area contributed by atoms with Crippen LogP contribution in [0.25, 0.3) is 0 Å². The predicted molar refractivity (Wildman–Crippen MR) is 71.6 cm³/mol. The van der Waals surface area contributed by atoms with Gasteiger partial charge >= 0.3 is 0 Å². The molecule has 0 fully saturated rings. The number of hydrogen-bond acceptors (Lipinski definition) is 5. The first-order chi connectivity index (χ1) is 8.18. The summed E-state index contributed by atoms with van der Waals surface area (Å²) in [4.78, 5) is 15.4. The zero-order valence-corrected chi connectivity index (χ0v) is 10.7. The molecule has 0 saturated heterocycles. The number of nitrogens with one attached hydrogen (secondary N) is 2. The van der Waals surface area contributed by atoms with Crippen molar-refractivity contribution < 1.29 is 4.79 Å². The highest BCUT2D eigenvalue weighted by Gasteiger charge is 2.01. The number of nitrogens with zero attached hydrogens (tertiary/aromatic N) is 1. The van der Waals surface area contributed by atoms with Gasteiger partial charge in [0.2, 0.25) is 5.91 Å². The largest absolute Gasteiger partial charge is 0.328 e. The van der Waals surface area contributed by atoms with Crippen LogP contribution in [0.3, 0.4) is 0 Å². The van der Waals surface area contributed by atoms with E-state index in [1.165, 1.54) is 0 Å². The van der Waals surface area contributed by atoms with Crippen molar-refractivity contribution in [3.63, 3.8) is 0 Å². The number of amides is 1. The molecule has 1 heterocycles.